The highest BCUT2D eigenvalue weighted by Crippen LogP contribution is 2.40. The standard InChI is InChI=1S/C23H18NS/c1-15-7-3-6-10-18(15)23-22-19-13-16-8-4-5-9-17(16)14-21(19)25-20(22)11-12-24(23)2/h3-14H,1-2H3/q+1. The van der Waals surface area contributed by atoms with Crippen molar-refractivity contribution in [3.8, 4) is 11.3 Å². The van der Waals surface area contributed by atoms with Gasteiger partial charge in [-0.2, -0.15) is 0 Å². The fraction of sp³-hybridized carbons (Fsp3) is 0.0870. The van der Waals surface area contributed by atoms with Crippen LogP contribution in [0.4, 0.5) is 0 Å². The molecule has 2 aromatic heterocycles. The van der Waals surface area contributed by atoms with E-state index < -0.39 is 0 Å². The number of benzene rings is 3. The SMILES string of the molecule is Cc1ccccc1-c1c2c(cc[n+]1C)sc1cc3ccccc3cc12. The van der Waals surface area contributed by atoms with Crippen LogP contribution in [-0.4, -0.2) is 0 Å². The minimum Gasteiger partial charge on any atom is -0.200 e. The molecular weight excluding hydrogens is 322 g/mol. The van der Waals surface area contributed by atoms with E-state index in [0.717, 1.165) is 0 Å². The van der Waals surface area contributed by atoms with Crippen LogP contribution in [0.25, 0.3) is 42.2 Å². The van der Waals surface area contributed by atoms with Gasteiger partial charge in [-0.05, 0) is 41.5 Å². The van der Waals surface area contributed by atoms with E-state index in [0.29, 0.717) is 0 Å². The van der Waals surface area contributed by atoms with E-state index in [1.165, 1.54) is 47.8 Å². The first-order valence-corrected chi connectivity index (χ1v) is 9.34. The molecule has 1 nitrogen and oxygen atoms in total. The highest BCUT2D eigenvalue weighted by Gasteiger charge is 2.20. The summed E-state index contributed by atoms with van der Waals surface area (Å²) < 4.78 is 4.96. The van der Waals surface area contributed by atoms with Crippen LogP contribution in [0.2, 0.25) is 0 Å². The van der Waals surface area contributed by atoms with E-state index in [2.05, 4.69) is 91.5 Å². The molecule has 0 aliphatic carbocycles. The Kier molecular flexibility index (Phi) is 3.16. The maximum Gasteiger partial charge on any atom is 0.221 e. The molecule has 0 saturated carbocycles. The Labute approximate surface area is 150 Å². The van der Waals surface area contributed by atoms with Crippen LogP contribution in [0.1, 0.15) is 5.56 Å². The quantitative estimate of drug-likeness (QED) is 0.329. The average molecular weight is 340 g/mol. The van der Waals surface area contributed by atoms with Crippen LogP contribution in [0.3, 0.4) is 0 Å². The number of nitrogens with zero attached hydrogens (tertiary/aromatic N) is 1. The number of thiophene rings is 1. The summed E-state index contributed by atoms with van der Waals surface area (Å²) in [5.41, 5.74) is 3.92. The third-order valence-electron chi connectivity index (χ3n) is 5.02. The number of pyridine rings is 1. The fourth-order valence-corrected chi connectivity index (χ4v) is 4.89. The van der Waals surface area contributed by atoms with Crippen LogP contribution in [-0.2, 0) is 7.05 Å². The van der Waals surface area contributed by atoms with Crippen molar-refractivity contribution in [3.63, 3.8) is 0 Å². The maximum atomic E-state index is 2.35. The third-order valence-corrected chi connectivity index (χ3v) is 6.14. The Balaban J connectivity index is 1.99. The van der Waals surface area contributed by atoms with Crippen molar-refractivity contribution in [2.75, 3.05) is 0 Å². The predicted molar refractivity (Wildman–Crippen MR) is 108 cm³/mol. The van der Waals surface area contributed by atoms with Crippen LogP contribution >= 0.6 is 11.3 Å². The lowest BCUT2D eigenvalue weighted by molar-refractivity contribution is -0.659. The van der Waals surface area contributed by atoms with Gasteiger partial charge in [0, 0.05) is 26.4 Å². The average Bonchev–Trinajstić information content (AvgIpc) is 2.98. The van der Waals surface area contributed by atoms with Crippen LogP contribution < -0.4 is 4.57 Å². The monoisotopic (exact) mass is 340 g/mol. The molecule has 3 aromatic carbocycles. The van der Waals surface area contributed by atoms with Gasteiger partial charge in [0.25, 0.3) is 0 Å². The molecule has 0 aliphatic heterocycles. The minimum atomic E-state index is 1.30. The second kappa shape index (κ2) is 5.40. The summed E-state index contributed by atoms with van der Waals surface area (Å²) in [6, 6.07) is 24.2. The third kappa shape index (κ3) is 2.18. The van der Waals surface area contributed by atoms with Crippen molar-refractivity contribution >= 4 is 42.3 Å². The molecule has 120 valence electrons. The summed E-state index contributed by atoms with van der Waals surface area (Å²) in [5.74, 6) is 0. The molecule has 0 saturated heterocycles. The van der Waals surface area contributed by atoms with Crippen LogP contribution in [0, 0.1) is 6.92 Å². The van der Waals surface area contributed by atoms with Crippen molar-refractivity contribution in [1.82, 2.24) is 0 Å². The lowest BCUT2D eigenvalue weighted by atomic mass is 9.99. The van der Waals surface area contributed by atoms with Gasteiger partial charge in [0.2, 0.25) is 5.69 Å². The zero-order chi connectivity index (χ0) is 17.0. The van der Waals surface area contributed by atoms with E-state index in [-0.39, 0.29) is 0 Å². The zero-order valence-electron chi connectivity index (χ0n) is 14.3. The summed E-state index contributed by atoms with van der Waals surface area (Å²) in [4.78, 5) is 0. The van der Waals surface area contributed by atoms with Gasteiger partial charge in [-0.25, -0.2) is 4.57 Å². The van der Waals surface area contributed by atoms with Crippen LogP contribution in [0.5, 0.6) is 0 Å². The molecule has 0 radical (unpaired) electrons. The number of aromatic nitrogens is 1. The number of aryl methyl sites for hydroxylation is 2. The first kappa shape index (κ1) is 14.6. The molecule has 2 heterocycles. The Bertz CT molecular complexity index is 1260. The van der Waals surface area contributed by atoms with E-state index in [9.17, 15) is 0 Å². The number of hydrogen-bond acceptors (Lipinski definition) is 1. The lowest BCUT2D eigenvalue weighted by Gasteiger charge is -2.06. The Morgan fingerprint density at radius 2 is 1.52 bits per heavy atom. The van der Waals surface area contributed by atoms with Gasteiger partial charge in [-0.15, -0.1) is 11.3 Å². The number of hydrogen-bond donors (Lipinski definition) is 0. The highest BCUT2D eigenvalue weighted by molar-refractivity contribution is 7.26. The van der Waals surface area contributed by atoms with Crippen molar-refractivity contribution in [3.05, 3.63) is 78.5 Å². The van der Waals surface area contributed by atoms with Gasteiger partial charge in [0.1, 0.15) is 7.05 Å². The summed E-state index contributed by atoms with van der Waals surface area (Å²) in [7, 11) is 2.14. The fourth-order valence-electron chi connectivity index (χ4n) is 3.76. The molecule has 0 aliphatic rings. The molecule has 5 rings (SSSR count). The molecular formula is C23H18NS+. The molecule has 0 unspecified atom stereocenters. The van der Waals surface area contributed by atoms with Gasteiger partial charge in [-0.3, -0.25) is 0 Å². The summed E-state index contributed by atoms with van der Waals surface area (Å²) in [6.45, 7) is 2.19. The van der Waals surface area contributed by atoms with Crippen molar-refractivity contribution in [2.45, 2.75) is 6.92 Å². The predicted octanol–water partition coefficient (Wildman–Crippen LogP) is 6.01. The Hall–Kier alpha value is -2.71. The van der Waals surface area contributed by atoms with Gasteiger partial charge in [0.05, 0.1) is 5.39 Å². The number of fused-ring (bicyclic) bond motifs is 4. The molecule has 25 heavy (non-hydrogen) atoms. The first-order valence-electron chi connectivity index (χ1n) is 8.52. The normalized spacial score (nSPS) is 11.6. The molecule has 0 amide bonds. The highest BCUT2D eigenvalue weighted by atomic mass is 32.1. The molecule has 0 N–H and O–H groups in total. The van der Waals surface area contributed by atoms with E-state index in [1.54, 1.807) is 0 Å². The molecule has 0 bridgehead atoms. The largest absolute Gasteiger partial charge is 0.221 e. The van der Waals surface area contributed by atoms with Crippen molar-refractivity contribution in [1.29, 1.82) is 0 Å². The molecule has 5 aromatic rings. The Morgan fingerprint density at radius 1 is 0.800 bits per heavy atom. The van der Waals surface area contributed by atoms with Gasteiger partial charge < -0.3 is 0 Å². The van der Waals surface area contributed by atoms with E-state index >= 15 is 0 Å². The lowest BCUT2D eigenvalue weighted by Crippen LogP contribution is -2.30. The molecule has 0 spiro atoms. The molecule has 0 fully saturated rings. The van der Waals surface area contributed by atoms with E-state index in [4.69, 9.17) is 0 Å². The smallest absolute Gasteiger partial charge is 0.200 e. The Morgan fingerprint density at radius 3 is 2.32 bits per heavy atom. The minimum absolute atomic E-state index is 1.30. The maximum absolute atomic E-state index is 2.35. The van der Waals surface area contributed by atoms with Gasteiger partial charge >= 0.3 is 0 Å². The molecule has 0 atom stereocenters. The topological polar surface area (TPSA) is 3.88 Å². The van der Waals surface area contributed by atoms with Gasteiger partial charge in [0.15, 0.2) is 6.20 Å². The van der Waals surface area contributed by atoms with Gasteiger partial charge in [-0.1, -0.05) is 42.5 Å². The van der Waals surface area contributed by atoms with E-state index in [1.807, 2.05) is 11.3 Å². The summed E-state index contributed by atoms with van der Waals surface area (Å²) >= 11 is 1.89. The molecule has 2 heteroatoms. The number of rotatable bonds is 1. The van der Waals surface area contributed by atoms with Crippen LogP contribution in [0.15, 0.2) is 72.9 Å². The zero-order valence-corrected chi connectivity index (χ0v) is 15.1. The second-order valence-electron chi connectivity index (χ2n) is 6.63. The first-order chi connectivity index (χ1) is 12.2. The second-order valence-corrected chi connectivity index (χ2v) is 7.71. The van der Waals surface area contributed by atoms with Crippen molar-refractivity contribution in [2.24, 2.45) is 7.05 Å². The summed E-state index contributed by atoms with van der Waals surface area (Å²) in [5, 5.41) is 5.33. The summed E-state index contributed by atoms with van der Waals surface area (Å²) in [6.07, 6.45) is 2.18. The van der Waals surface area contributed by atoms with Crippen molar-refractivity contribution < 1.29 is 4.57 Å².